The van der Waals surface area contributed by atoms with Crippen molar-refractivity contribution >= 4 is 5.91 Å². The quantitative estimate of drug-likeness (QED) is 0.831. The third kappa shape index (κ3) is 4.40. The van der Waals surface area contributed by atoms with Crippen molar-refractivity contribution in [3.63, 3.8) is 0 Å². The minimum Gasteiger partial charge on any atom is -0.368 e. The maximum absolute atomic E-state index is 12.6. The fourth-order valence-electron chi connectivity index (χ4n) is 4.12. The molecular formula is C23H28N2O2. The van der Waals surface area contributed by atoms with Gasteiger partial charge >= 0.3 is 0 Å². The lowest BCUT2D eigenvalue weighted by Gasteiger charge is -2.24. The summed E-state index contributed by atoms with van der Waals surface area (Å²) >= 11 is 0. The Morgan fingerprint density at radius 3 is 2.56 bits per heavy atom. The Kier molecular flexibility index (Phi) is 5.85. The summed E-state index contributed by atoms with van der Waals surface area (Å²) in [6, 6.07) is 19.2. The van der Waals surface area contributed by atoms with Crippen LogP contribution in [0.1, 0.15) is 24.8 Å². The van der Waals surface area contributed by atoms with E-state index in [1.807, 2.05) is 4.90 Å². The van der Waals surface area contributed by atoms with E-state index in [9.17, 15) is 4.79 Å². The smallest absolute Gasteiger partial charge is 0.251 e. The summed E-state index contributed by atoms with van der Waals surface area (Å²) in [5.74, 6) is 0.194. The Morgan fingerprint density at radius 1 is 0.926 bits per heavy atom. The number of nitrogens with zero attached hydrogens (tertiary/aromatic N) is 2. The molecule has 2 aromatic rings. The van der Waals surface area contributed by atoms with E-state index in [1.54, 1.807) is 0 Å². The van der Waals surface area contributed by atoms with E-state index in [2.05, 4.69) is 59.5 Å². The molecule has 0 aliphatic carbocycles. The first-order valence-electron chi connectivity index (χ1n) is 10.1. The van der Waals surface area contributed by atoms with Crippen LogP contribution < -0.4 is 0 Å². The predicted octanol–water partition coefficient (Wildman–Crippen LogP) is 3.57. The largest absolute Gasteiger partial charge is 0.368 e. The molecule has 4 rings (SSSR count). The van der Waals surface area contributed by atoms with E-state index < -0.39 is 0 Å². The Labute approximate surface area is 161 Å². The summed E-state index contributed by atoms with van der Waals surface area (Å²) < 4.78 is 5.59. The monoisotopic (exact) mass is 364 g/mol. The lowest BCUT2D eigenvalue weighted by molar-refractivity contribution is -0.140. The number of benzene rings is 2. The molecule has 0 aromatic heterocycles. The molecule has 4 heteroatoms. The zero-order valence-electron chi connectivity index (χ0n) is 15.8. The number of carbonyl (C=O) groups is 1. The van der Waals surface area contributed by atoms with Crippen molar-refractivity contribution in [2.45, 2.75) is 31.9 Å². The molecule has 2 fully saturated rings. The van der Waals surface area contributed by atoms with E-state index in [4.69, 9.17) is 4.74 Å². The van der Waals surface area contributed by atoms with E-state index >= 15 is 0 Å². The highest BCUT2D eigenvalue weighted by Crippen LogP contribution is 2.25. The molecule has 27 heavy (non-hydrogen) atoms. The van der Waals surface area contributed by atoms with Crippen LogP contribution in [0.5, 0.6) is 0 Å². The second-order valence-electron chi connectivity index (χ2n) is 7.48. The number of amides is 1. The number of hydrogen-bond acceptors (Lipinski definition) is 3. The molecule has 1 unspecified atom stereocenters. The molecule has 0 saturated carbocycles. The van der Waals surface area contributed by atoms with Gasteiger partial charge in [-0.05, 0) is 36.0 Å². The summed E-state index contributed by atoms with van der Waals surface area (Å²) in [6.45, 7) is 5.24. The summed E-state index contributed by atoms with van der Waals surface area (Å²) in [7, 11) is 0. The van der Waals surface area contributed by atoms with Gasteiger partial charge in [-0.2, -0.15) is 0 Å². The molecule has 2 saturated heterocycles. The predicted molar refractivity (Wildman–Crippen MR) is 107 cm³/mol. The van der Waals surface area contributed by atoms with Gasteiger partial charge in [-0.1, -0.05) is 54.6 Å². The van der Waals surface area contributed by atoms with E-state index in [0.29, 0.717) is 0 Å². The lowest BCUT2D eigenvalue weighted by atomic mass is 9.99. The van der Waals surface area contributed by atoms with Crippen LogP contribution in [0.15, 0.2) is 54.6 Å². The van der Waals surface area contributed by atoms with Gasteiger partial charge in [0.1, 0.15) is 6.10 Å². The van der Waals surface area contributed by atoms with E-state index in [0.717, 1.165) is 58.6 Å². The van der Waals surface area contributed by atoms with Crippen molar-refractivity contribution in [3.8, 4) is 11.1 Å². The number of rotatable bonds is 4. The highest BCUT2D eigenvalue weighted by molar-refractivity contribution is 5.81. The van der Waals surface area contributed by atoms with Crippen LogP contribution in [0.3, 0.4) is 0 Å². The topological polar surface area (TPSA) is 32.8 Å². The second-order valence-corrected chi connectivity index (χ2v) is 7.48. The van der Waals surface area contributed by atoms with Crippen molar-refractivity contribution in [2.24, 2.45) is 0 Å². The van der Waals surface area contributed by atoms with Gasteiger partial charge in [0.2, 0.25) is 0 Å². The van der Waals surface area contributed by atoms with Gasteiger partial charge in [0, 0.05) is 39.3 Å². The third-order valence-electron chi connectivity index (χ3n) is 5.60. The average Bonchev–Trinajstić information content (AvgIpc) is 3.16. The third-order valence-corrected chi connectivity index (χ3v) is 5.60. The SMILES string of the molecule is O=C(C1CCCO1)N1CCCN(Cc2ccccc2-c2ccccc2)CC1. The maximum Gasteiger partial charge on any atom is 0.251 e. The normalized spacial score (nSPS) is 21.2. The van der Waals surface area contributed by atoms with Gasteiger partial charge in [0.25, 0.3) is 5.91 Å². The van der Waals surface area contributed by atoms with Crippen LogP contribution in [-0.4, -0.2) is 54.6 Å². The molecule has 1 atom stereocenters. The lowest BCUT2D eigenvalue weighted by Crippen LogP contribution is -2.41. The minimum atomic E-state index is -0.199. The highest BCUT2D eigenvalue weighted by atomic mass is 16.5. The van der Waals surface area contributed by atoms with Crippen LogP contribution in [-0.2, 0) is 16.1 Å². The Morgan fingerprint density at radius 2 is 1.74 bits per heavy atom. The molecule has 2 heterocycles. The maximum atomic E-state index is 12.6. The molecule has 2 aliphatic heterocycles. The minimum absolute atomic E-state index is 0.194. The molecule has 2 aliphatic rings. The molecule has 4 nitrogen and oxygen atoms in total. The molecule has 2 aromatic carbocycles. The first kappa shape index (κ1) is 18.2. The van der Waals surface area contributed by atoms with Gasteiger partial charge in [0.15, 0.2) is 0 Å². The van der Waals surface area contributed by atoms with Gasteiger partial charge in [0.05, 0.1) is 0 Å². The van der Waals surface area contributed by atoms with Crippen LogP contribution in [0.4, 0.5) is 0 Å². The first-order chi connectivity index (χ1) is 13.3. The molecule has 0 bridgehead atoms. The average molecular weight is 364 g/mol. The highest BCUT2D eigenvalue weighted by Gasteiger charge is 2.29. The molecule has 142 valence electrons. The Bertz CT molecular complexity index is 756. The zero-order chi connectivity index (χ0) is 18.5. The van der Waals surface area contributed by atoms with Gasteiger partial charge in [-0.15, -0.1) is 0 Å². The first-order valence-corrected chi connectivity index (χ1v) is 10.1. The van der Waals surface area contributed by atoms with Crippen LogP contribution in [0, 0.1) is 0 Å². The van der Waals surface area contributed by atoms with Crippen molar-refractivity contribution in [3.05, 3.63) is 60.2 Å². The molecule has 0 radical (unpaired) electrons. The number of ether oxygens (including phenoxy) is 1. The zero-order valence-corrected chi connectivity index (χ0v) is 15.8. The molecular weight excluding hydrogens is 336 g/mol. The summed E-state index contributed by atoms with van der Waals surface area (Å²) in [5.41, 5.74) is 3.91. The Hall–Kier alpha value is -2.17. The van der Waals surface area contributed by atoms with Gasteiger partial charge < -0.3 is 9.64 Å². The summed E-state index contributed by atoms with van der Waals surface area (Å²) in [5, 5.41) is 0. The molecule has 0 spiro atoms. The van der Waals surface area contributed by atoms with Crippen molar-refractivity contribution in [1.29, 1.82) is 0 Å². The Balaban J connectivity index is 1.42. The van der Waals surface area contributed by atoms with Gasteiger partial charge in [-0.25, -0.2) is 0 Å². The van der Waals surface area contributed by atoms with Crippen LogP contribution >= 0.6 is 0 Å². The summed E-state index contributed by atoms with van der Waals surface area (Å²) in [6.07, 6.45) is 2.71. The second kappa shape index (κ2) is 8.68. The fraction of sp³-hybridized carbons (Fsp3) is 0.435. The standard InChI is InChI=1S/C23H28N2O2/c26-23(22-12-6-17-27-22)25-14-7-13-24(15-16-25)18-20-10-4-5-11-21(20)19-8-2-1-3-9-19/h1-5,8-11,22H,6-7,12-18H2. The molecule has 1 amide bonds. The van der Waals surface area contributed by atoms with Gasteiger partial charge in [-0.3, -0.25) is 9.69 Å². The summed E-state index contributed by atoms with van der Waals surface area (Å²) in [4.78, 5) is 17.1. The van der Waals surface area contributed by atoms with Crippen molar-refractivity contribution in [2.75, 3.05) is 32.8 Å². The van der Waals surface area contributed by atoms with Crippen LogP contribution in [0.25, 0.3) is 11.1 Å². The van der Waals surface area contributed by atoms with E-state index in [1.165, 1.54) is 16.7 Å². The van der Waals surface area contributed by atoms with Crippen molar-refractivity contribution < 1.29 is 9.53 Å². The fourth-order valence-corrected chi connectivity index (χ4v) is 4.12. The number of hydrogen-bond donors (Lipinski definition) is 0. The van der Waals surface area contributed by atoms with E-state index in [-0.39, 0.29) is 12.0 Å². The van der Waals surface area contributed by atoms with Crippen LogP contribution in [0.2, 0.25) is 0 Å². The number of carbonyl (C=O) groups excluding carboxylic acids is 1. The molecule has 0 N–H and O–H groups in total. The van der Waals surface area contributed by atoms with Crippen molar-refractivity contribution in [1.82, 2.24) is 9.80 Å².